The largest absolute Gasteiger partial charge is 0.495 e. The highest BCUT2D eigenvalue weighted by atomic mass is 16.5. The van der Waals surface area contributed by atoms with Gasteiger partial charge in [-0.25, -0.2) is 0 Å². The van der Waals surface area contributed by atoms with E-state index in [0.29, 0.717) is 30.1 Å². The molecule has 0 spiro atoms. The maximum Gasteiger partial charge on any atom is 0.313 e. The number of hydrogen-bond donors (Lipinski definition) is 2. The first-order chi connectivity index (χ1) is 12.6. The van der Waals surface area contributed by atoms with Crippen LogP contribution in [0.1, 0.15) is 44.9 Å². The Hall–Kier alpha value is -2.57. The second-order valence-corrected chi connectivity index (χ2v) is 6.80. The Bertz CT molecular complexity index is 698. The van der Waals surface area contributed by atoms with Gasteiger partial charge in [0.15, 0.2) is 0 Å². The number of nitrogens with one attached hydrogen (secondary N) is 2. The van der Waals surface area contributed by atoms with E-state index in [1.807, 2.05) is 0 Å². The van der Waals surface area contributed by atoms with Crippen LogP contribution < -0.4 is 20.3 Å². The minimum absolute atomic E-state index is 0.0295. The fourth-order valence-corrected chi connectivity index (χ4v) is 3.57. The van der Waals surface area contributed by atoms with Gasteiger partial charge in [-0.05, 0) is 37.5 Å². The first kappa shape index (κ1) is 18.2. The molecule has 3 amide bonds. The molecule has 2 N–H and O–H groups in total. The zero-order valence-electron chi connectivity index (χ0n) is 15.0. The van der Waals surface area contributed by atoms with Crippen LogP contribution in [-0.4, -0.2) is 37.4 Å². The highest BCUT2D eigenvalue weighted by Gasteiger charge is 2.25. The average Bonchev–Trinajstić information content (AvgIpc) is 3.08. The number of nitrogens with zero attached hydrogens (tertiary/aromatic N) is 1. The van der Waals surface area contributed by atoms with Gasteiger partial charge in [-0.3, -0.25) is 14.4 Å². The summed E-state index contributed by atoms with van der Waals surface area (Å²) in [5.41, 5.74) is 1.07. The van der Waals surface area contributed by atoms with Crippen LogP contribution in [0, 0.1) is 0 Å². The SMILES string of the molecule is COc1ccc(NC(=O)C(=O)NC2CCCCC2)cc1N1CCCC1=O. The molecule has 0 radical (unpaired) electrons. The molecule has 1 aromatic rings. The molecule has 140 valence electrons. The van der Waals surface area contributed by atoms with E-state index >= 15 is 0 Å². The van der Waals surface area contributed by atoms with Crippen molar-refractivity contribution in [1.82, 2.24) is 5.32 Å². The highest BCUT2D eigenvalue weighted by molar-refractivity contribution is 6.39. The van der Waals surface area contributed by atoms with Gasteiger partial charge < -0.3 is 20.3 Å². The Kier molecular flexibility index (Phi) is 5.75. The molecule has 0 atom stereocenters. The molecule has 2 fully saturated rings. The van der Waals surface area contributed by atoms with E-state index in [1.54, 1.807) is 23.1 Å². The molecular formula is C19H25N3O4. The molecule has 1 aromatic carbocycles. The van der Waals surface area contributed by atoms with Crippen LogP contribution in [0.15, 0.2) is 18.2 Å². The number of methoxy groups -OCH3 is 1. The average molecular weight is 359 g/mol. The number of anilines is 2. The summed E-state index contributed by atoms with van der Waals surface area (Å²) >= 11 is 0. The summed E-state index contributed by atoms with van der Waals surface area (Å²) in [6.45, 7) is 0.620. The molecule has 1 saturated carbocycles. The molecule has 1 saturated heterocycles. The van der Waals surface area contributed by atoms with E-state index in [4.69, 9.17) is 4.74 Å². The van der Waals surface area contributed by atoms with Crippen molar-refractivity contribution in [2.45, 2.75) is 51.0 Å². The third-order valence-electron chi connectivity index (χ3n) is 4.95. The summed E-state index contributed by atoms with van der Waals surface area (Å²) in [7, 11) is 1.54. The summed E-state index contributed by atoms with van der Waals surface area (Å²) < 4.78 is 5.33. The van der Waals surface area contributed by atoms with Crippen molar-refractivity contribution in [3.05, 3.63) is 18.2 Å². The molecule has 1 aliphatic heterocycles. The summed E-state index contributed by atoms with van der Waals surface area (Å²) in [5.74, 6) is -0.724. The third-order valence-corrected chi connectivity index (χ3v) is 4.95. The van der Waals surface area contributed by atoms with E-state index in [1.165, 1.54) is 13.5 Å². The lowest BCUT2D eigenvalue weighted by molar-refractivity contribution is -0.136. The summed E-state index contributed by atoms with van der Waals surface area (Å²) in [5, 5.41) is 5.41. The molecule has 1 aliphatic carbocycles. The van der Waals surface area contributed by atoms with E-state index in [0.717, 1.165) is 32.1 Å². The third kappa shape index (κ3) is 4.15. The van der Waals surface area contributed by atoms with Gasteiger partial charge in [-0.1, -0.05) is 19.3 Å². The van der Waals surface area contributed by atoms with Gasteiger partial charge in [0.25, 0.3) is 0 Å². The predicted molar refractivity (Wildman–Crippen MR) is 98.2 cm³/mol. The Morgan fingerprint density at radius 3 is 2.54 bits per heavy atom. The van der Waals surface area contributed by atoms with E-state index in [-0.39, 0.29) is 11.9 Å². The van der Waals surface area contributed by atoms with Crippen molar-refractivity contribution in [3.63, 3.8) is 0 Å². The van der Waals surface area contributed by atoms with Crippen LogP contribution in [-0.2, 0) is 14.4 Å². The Balaban J connectivity index is 1.67. The molecule has 0 unspecified atom stereocenters. The molecular weight excluding hydrogens is 334 g/mol. The first-order valence-corrected chi connectivity index (χ1v) is 9.18. The smallest absolute Gasteiger partial charge is 0.313 e. The molecule has 7 heteroatoms. The van der Waals surface area contributed by atoms with Crippen molar-refractivity contribution < 1.29 is 19.1 Å². The summed E-state index contributed by atoms with van der Waals surface area (Å²) in [4.78, 5) is 38.0. The standard InChI is InChI=1S/C19H25N3O4/c1-26-16-10-9-14(12-15(16)22-11-5-8-17(22)23)21-19(25)18(24)20-13-6-3-2-4-7-13/h9-10,12-13H,2-8,11H2,1H3,(H,20,24)(H,21,25). The van der Waals surface area contributed by atoms with Gasteiger partial charge >= 0.3 is 11.8 Å². The van der Waals surface area contributed by atoms with Crippen molar-refractivity contribution >= 4 is 29.1 Å². The monoisotopic (exact) mass is 359 g/mol. The van der Waals surface area contributed by atoms with E-state index in [2.05, 4.69) is 10.6 Å². The van der Waals surface area contributed by atoms with Crippen LogP contribution in [0.3, 0.4) is 0 Å². The van der Waals surface area contributed by atoms with Crippen LogP contribution in [0.2, 0.25) is 0 Å². The second-order valence-electron chi connectivity index (χ2n) is 6.80. The number of carbonyl (C=O) groups excluding carboxylic acids is 3. The normalized spacial score (nSPS) is 17.9. The van der Waals surface area contributed by atoms with E-state index in [9.17, 15) is 14.4 Å². The zero-order chi connectivity index (χ0) is 18.5. The molecule has 0 bridgehead atoms. The maximum atomic E-state index is 12.2. The first-order valence-electron chi connectivity index (χ1n) is 9.18. The fourth-order valence-electron chi connectivity index (χ4n) is 3.57. The lowest BCUT2D eigenvalue weighted by Gasteiger charge is -2.22. The van der Waals surface area contributed by atoms with Gasteiger partial charge in [0.05, 0.1) is 12.8 Å². The number of benzene rings is 1. The Labute approximate surface area is 153 Å². The molecule has 0 aromatic heterocycles. The highest BCUT2D eigenvalue weighted by Crippen LogP contribution is 2.34. The van der Waals surface area contributed by atoms with Crippen molar-refractivity contribution in [3.8, 4) is 5.75 Å². The number of ether oxygens (including phenoxy) is 1. The van der Waals surface area contributed by atoms with Crippen molar-refractivity contribution in [2.24, 2.45) is 0 Å². The van der Waals surface area contributed by atoms with Crippen LogP contribution in [0.4, 0.5) is 11.4 Å². The van der Waals surface area contributed by atoms with Crippen LogP contribution in [0.25, 0.3) is 0 Å². The van der Waals surface area contributed by atoms with Crippen molar-refractivity contribution in [1.29, 1.82) is 0 Å². The number of carbonyl (C=O) groups is 3. The zero-order valence-corrected chi connectivity index (χ0v) is 15.0. The predicted octanol–water partition coefficient (Wildman–Crippen LogP) is 2.21. The van der Waals surface area contributed by atoms with Gasteiger partial charge in [0.2, 0.25) is 5.91 Å². The number of amides is 3. The molecule has 7 nitrogen and oxygen atoms in total. The molecule has 3 rings (SSSR count). The number of rotatable bonds is 4. The van der Waals surface area contributed by atoms with Gasteiger partial charge in [0, 0.05) is 24.7 Å². The lowest BCUT2D eigenvalue weighted by Crippen LogP contribution is -2.42. The van der Waals surface area contributed by atoms with E-state index < -0.39 is 11.8 Å². The van der Waals surface area contributed by atoms with Gasteiger partial charge in [0.1, 0.15) is 5.75 Å². The Morgan fingerprint density at radius 1 is 1.12 bits per heavy atom. The Morgan fingerprint density at radius 2 is 1.88 bits per heavy atom. The maximum absolute atomic E-state index is 12.2. The van der Waals surface area contributed by atoms with Crippen LogP contribution >= 0.6 is 0 Å². The molecule has 1 heterocycles. The van der Waals surface area contributed by atoms with Crippen molar-refractivity contribution in [2.75, 3.05) is 23.9 Å². The van der Waals surface area contributed by atoms with Gasteiger partial charge in [-0.15, -0.1) is 0 Å². The number of hydrogen-bond acceptors (Lipinski definition) is 4. The molecule has 2 aliphatic rings. The topological polar surface area (TPSA) is 87.7 Å². The second kappa shape index (κ2) is 8.21. The minimum Gasteiger partial charge on any atom is -0.495 e. The lowest BCUT2D eigenvalue weighted by atomic mass is 9.95. The molecule has 26 heavy (non-hydrogen) atoms. The summed E-state index contributed by atoms with van der Waals surface area (Å²) in [6, 6.07) is 5.11. The quantitative estimate of drug-likeness (QED) is 0.807. The van der Waals surface area contributed by atoms with Crippen LogP contribution in [0.5, 0.6) is 5.75 Å². The fraction of sp³-hybridized carbons (Fsp3) is 0.526. The van der Waals surface area contributed by atoms with Gasteiger partial charge in [-0.2, -0.15) is 0 Å². The summed E-state index contributed by atoms with van der Waals surface area (Å²) in [6.07, 6.45) is 6.48. The minimum atomic E-state index is -0.695.